The van der Waals surface area contributed by atoms with Gasteiger partial charge in [0.1, 0.15) is 5.52 Å². The van der Waals surface area contributed by atoms with E-state index in [-0.39, 0.29) is 0 Å². The lowest BCUT2D eigenvalue weighted by Gasteiger charge is -1.98. The van der Waals surface area contributed by atoms with Crippen LogP contribution in [0.5, 0.6) is 0 Å². The monoisotopic (exact) mass is 244 g/mol. The van der Waals surface area contributed by atoms with Crippen molar-refractivity contribution in [2.24, 2.45) is 7.05 Å². The van der Waals surface area contributed by atoms with E-state index in [4.69, 9.17) is 12.2 Å². The van der Waals surface area contributed by atoms with Gasteiger partial charge in [-0.05, 0) is 36.3 Å². The standard InChI is InChI=1S/C12H12N4S/c1-3-7-4-5-9-8(6-7)10-11(16(9)2)13-12(17)15-14-10/h4-6H,3H2,1-2H3,(H,13,15,17). The molecular formula is C12H12N4S. The summed E-state index contributed by atoms with van der Waals surface area (Å²) in [5, 5.41) is 8.18. The lowest BCUT2D eigenvalue weighted by Crippen LogP contribution is -1.92. The maximum absolute atomic E-state index is 5.01. The Kier molecular flexibility index (Phi) is 2.22. The molecule has 3 rings (SSSR count). The van der Waals surface area contributed by atoms with Crippen LogP contribution in [-0.2, 0) is 13.5 Å². The highest BCUT2D eigenvalue weighted by Crippen LogP contribution is 2.25. The topological polar surface area (TPSA) is 46.5 Å². The Labute approximate surface area is 103 Å². The van der Waals surface area contributed by atoms with Gasteiger partial charge in [0.2, 0.25) is 4.77 Å². The van der Waals surface area contributed by atoms with Crippen LogP contribution < -0.4 is 0 Å². The van der Waals surface area contributed by atoms with Crippen molar-refractivity contribution in [1.29, 1.82) is 0 Å². The third kappa shape index (κ3) is 1.46. The largest absolute Gasteiger partial charge is 0.327 e. The molecule has 0 aliphatic rings. The van der Waals surface area contributed by atoms with Crippen molar-refractivity contribution in [2.45, 2.75) is 13.3 Å². The molecule has 0 saturated carbocycles. The number of rotatable bonds is 1. The van der Waals surface area contributed by atoms with E-state index >= 15 is 0 Å². The summed E-state index contributed by atoms with van der Waals surface area (Å²) >= 11 is 5.01. The zero-order chi connectivity index (χ0) is 12.0. The summed E-state index contributed by atoms with van der Waals surface area (Å²) in [6.45, 7) is 2.14. The number of benzene rings is 1. The van der Waals surface area contributed by atoms with Crippen LogP contribution in [0.3, 0.4) is 0 Å². The molecule has 4 nitrogen and oxygen atoms in total. The number of H-pyrrole nitrogens is 1. The normalized spacial score (nSPS) is 11.4. The van der Waals surface area contributed by atoms with Crippen LogP contribution in [0, 0.1) is 4.77 Å². The zero-order valence-electron chi connectivity index (χ0n) is 9.69. The predicted octanol–water partition coefficient (Wildman–Crippen LogP) is 2.74. The molecule has 2 heterocycles. The lowest BCUT2D eigenvalue weighted by molar-refractivity contribution is 0.941. The molecule has 0 aliphatic heterocycles. The molecule has 0 spiro atoms. The fourth-order valence-electron chi connectivity index (χ4n) is 2.14. The first-order chi connectivity index (χ1) is 8.20. The molecule has 0 amide bonds. The Morgan fingerprint density at radius 2 is 2.24 bits per heavy atom. The minimum absolute atomic E-state index is 0.416. The lowest BCUT2D eigenvalue weighted by atomic mass is 10.1. The molecule has 0 saturated heterocycles. The van der Waals surface area contributed by atoms with Gasteiger partial charge in [-0.3, -0.25) is 5.10 Å². The number of aryl methyl sites for hydroxylation is 2. The summed E-state index contributed by atoms with van der Waals surface area (Å²) in [5.41, 5.74) is 4.14. The van der Waals surface area contributed by atoms with E-state index in [1.165, 1.54) is 5.56 Å². The first-order valence-corrected chi connectivity index (χ1v) is 5.95. The first-order valence-electron chi connectivity index (χ1n) is 5.54. The maximum Gasteiger partial charge on any atom is 0.215 e. The van der Waals surface area contributed by atoms with E-state index in [1.54, 1.807) is 0 Å². The molecule has 0 aliphatic carbocycles. The van der Waals surface area contributed by atoms with Crippen molar-refractivity contribution >= 4 is 34.3 Å². The zero-order valence-corrected chi connectivity index (χ0v) is 10.5. The summed E-state index contributed by atoms with van der Waals surface area (Å²) in [5.74, 6) is 0. The van der Waals surface area contributed by atoms with Gasteiger partial charge in [0, 0.05) is 12.4 Å². The van der Waals surface area contributed by atoms with Crippen LogP contribution in [0.15, 0.2) is 18.2 Å². The van der Waals surface area contributed by atoms with Gasteiger partial charge in [-0.15, -0.1) is 0 Å². The number of nitrogens with zero attached hydrogens (tertiary/aromatic N) is 3. The van der Waals surface area contributed by atoms with Crippen LogP contribution in [0.4, 0.5) is 0 Å². The summed E-state index contributed by atoms with van der Waals surface area (Å²) in [7, 11) is 1.99. The number of fused-ring (bicyclic) bond motifs is 3. The summed E-state index contributed by atoms with van der Waals surface area (Å²) in [6.07, 6.45) is 1.02. The van der Waals surface area contributed by atoms with Gasteiger partial charge < -0.3 is 4.57 Å². The predicted molar refractivity (Wildman–Crippen MR) is 70.6 cm³/mol. The third-order valence-electron chi connectivity index (χ3n) is 3.09. The number of hydrogen-bond acceptors (Lipinski definition) is 3. The average Bonchev–Trinajstić information content (AvgIpc) is 2.62. The molecule has 86 valence electrons. The van der Waals surface area contributed by atoms with Crippen LogP contribution in [0.25, 0.3) is 22.1 Å². The molecule has 5 heteroatoms. The fraction of sp³-hybridized carbons (Fsp3) is 0.250. The van der Waals surface area contributed by atoms with Gasteiger partial charge in [0.05, 0.1) is 5.52 Å². The Hall–Kier alpha value is -1.75. The molecule has 1 N–H and O–H groups in total. The van der Waals surface area contributed by atoms with Crippen molar-refractivity contribution in [3.05, 3.63) is 28.5 Å². The van der Waals surface area contributed by atoms with Gasteiger partial charge in [-0.25, -0.2) is 0 Å². The second-order valence-electron chi connectivity index (χ2n) is 4.08. The molecule has 1 aromatic carbocycles. The molecule has 2 aromatic heterocycles. The van der Waals surface area contributed by atoms with Gasteiger partial charge in [-0.1, -0.05) is 13.0 Å². The summed E-state index contributed by atoms with van der Waals surface area (Å²) in [6, 6.07) is 6.42. The molecular weight excluding hydrogens is 232 g/mol. The maximum atomic E-state index is 5.01. The smallest absolute Gasteiger partial charge is 0.215 e. The van der Waals surface area contributed by atoms with Gasteiger partial charge in [-0.2, -0.15) is 10.1 Å². The molecule has 0 unspecified atom stereocenters. The van der Waals surface area contributed by atoms with Crippen LogP contribution in [-0.4, -0.2) is 19.7 Å². The van der Waals surface area contributed by atoms with Crippen molar-refractivity contribution in [1.82, 2.24) is 19.7 Å². The van der Waals surface area contributed by atoms with Crippen LogP contribution in [0.2, 0.25) is 0 Å². The van der Waals surface area contributed by atoms with Gasteiger partial charge >= 0.3 is 0 Å². The quantitative estimate of drug-likeness (QED) is 0.669. The highest BCUT2D eigenvalue weighted by atomic mass is 32.1. The summed E-state index contributed by atoms with van der Waals surface area (Å²) < 4.78 is 2.44. The highest BCUT2D eigenvalue weighted by molar-refractivity contribution is 7.71. The molecule has 3 aromatic rings. The van der Waals surface area contributed by atoms with Crippen LogP contribution in [0.1, 0.15) is 12.5 Å². The van der Waals surface area contributed by atoms with Crippen LogP contribution >= 0.6 is 12.2 Å². The van der Waals surface area contributed by atoms with E-state index in [0.717, 1.165) is 28.5 Å². The minimum Gasteiger partial charge on any atom is -0.327 e. The van der Waals surface area contributed by atoms with Crippen molar-refractivity contribution in [3.8, 4) is 0 Å². The molecule has 17 heavy (non-hydrogen) atoms. The van der Waals surface area contributed by atoms with E-state index in [2.05, 4.69) is 40.3 Å². The van der Waals surface area contributed by atoms with E-state index in [0.29, 0.717) is 4.77 Å². The summed E-state index contributed by atoms with van der Waals surface area (Å²) in [4.78, 5) is 4.33. The Bertz CT molecular complexity index is 769. The molecule has 0 atom stereocenters. The van der Waals surface area contributed by atoms with E-state index in [9.17, 15) is 0 Å². The number of nitrogens with one attached hydrogen (secondary N) is 1. The second-order valence-corrected chi connectivity index (χ2v) is 4.46. The van der Waals surface area contributed by atoms with Crippen molar-refractivity contribution < 1.29 is 0 Å². The molecule has 0 bridgehead atoms. The van der Waals surface area contributed by atoms with Gasteiger partial charge in [0.25, 0.3) is 0 Å². The molecule has 0 radical (unpaired) electrons. The third-order valence-corrected chi connectivity index (χ3v) is 3.27. The van der Waals surface area contributed by atoms with E-state index < -0.39 is 0 Å². The molecule has 0 fully saturated rings. The fourth-order valence-corrected chi connectivity index (χ4v) is 2.27. The number of aromatic amines is 1. The Morgan fingerprint density at radius 1 is 1.41 bits per heavy atom. The average molecular weight is 244 g/mol. The number of hydrogen-bond donors (Lipinski definition) is 1. The van der Waals surface area contributed by atoms with Crippen molar-refractivity contribution in [3.63, 3.8) is 0 Å². The second kappa shape index (κ2) is 3.63. The van der Waals surface area contributed by atoms with E-state index in [1.807, 2.05) is 11.6 Å². The van der Waals surface area contributed by atoms with Gasteiger partial charge in [0.15, 0.2) is 5.65 Å². The SMILES string of the molecule is CCc1ccc2c(c1)c1n[nH]c(=S)nc1n2C. The van der Waals surface area contributed by atoms with Crippen molar-refractivity contribution in [2.75, 3.05) is 0 Å². The highest BCUT2D eigenvalue weighted by Gasteiger charge is 2.10. The first kappa shape index (κ1) is 10.4. The Balaban J connectivity index is 2.54. The number of aromatic nitrogens is 4. The minimum atomic E-state index is 0.416. The Morgan fingerprint density at radius 3 is 3.00 bits per heavy atom.